The van der Waals surface area contributed by atoms with Gasteiger partial charge in [0.2, 0.25) is 0 Å². The molecule has 2 aliphatic rings. The fraction of sp³-hybridized carbons (Fsp3) is 0.538. The van der Waals surface area contributed by atoms with Crippen molar-refractivity contribution in [1.82, 2.24) is 5.32 Å². The zero-order valence-corrected chi connectivity index (χ0v) is 9.35. The lowest BCUT2D eigenvalue weighted by molar-refractivity contribution is -0.160. The summed E-state index contributed by atoms with van der Waals surface area (Å²) in [5, 5.41) is 3.16. The molecular formula is C13H14F3N. The van der Waals surface area contributed by atoms with Crippen molar-refractivity contribution >= 4 is 0 Å². The normalized spacial score (nSPS) is 23.2. The Morgan fingerprint density at radius 3 is 2.00 bits per heavy atom. The van der Waals surface area contributed by atoms with Gasteiger partial charge in [-0.2, -0.15) is 13.2 Å². The summed E-state index contributed by atoms with van der Waals surface area (Å²) in [7, 11) is 0. The summed E-state index contributed by atoms with van der Waals surface area (Å²) in [5.74, 6) is 0.477. The molecule has 0 amide bonds. The molecule has 1 aromatic carbocycles. The molecule has 17 heavy (non-hydrogen) atoms. The first kappa shape index (κ1) is 11.1. The largest absolute Gasteiger partial charge is 0.398 e. The Balaban J connectivity index is 1.85. The van der Waals surface area contributed by atoms with Gasteiger partial charge >= 0.3 is 6.18 Å². The van der Waals surface area contributed by atoms with Crippen LogP contribution in [0.5, 0.6) is 0 Å². The van der Waals surface area contributed by atoms with Crippen LogP contribution in [0.2, 0.25) is 0 Å². The van der Waals surface area contributed by atoms with E-state index in [1.54, 1.807) is 12.1 Å². The topological polar surface area (TPSA) is 12.0 Å². The van der Waals surface area contributed by atoms with Crippen LogP contribution in [-0.4, -0.2) is 19.3 Å². The monoisotopic (exact) mass is 241 g/mol. The molecule has 4 heteroatoms. The first-order valence-corrected chi connectivity index (χ1v) is 5.91. The second-order valence-electron chi connectivity index (χ2n) is 5.06. The maximum atomic E-state index is 12.9. The van der Waals surface area contributed by atoms with E-state index in [2.05, 4.69) is 5.32 Å². The SMILES string of the molecule is FC(F)(F)C1(c2ccc(C3CNC3)cc2)CC1. The highest BCUT2D eigenvalue weighted by Gasteiger charge is 2.64. The first-order chi connectivity index (χ1) is 8.03. The Morgan fingerprint density at radius 2 is 1.65 bits per heavy atom. The molecule has 1 saturated heterocycles. The lowest BCUT2D eigenvalue weighted by Crippen LogP contribution is -2.39. The van der Waals surface area contributed by atoms with Gasteiger partial charge in [-0.25, -0.2) is 0 Å². The van der Waals surface area contributed by atoms with Crippen LogP contribution in [-0.2, 0) is 5.41 Å². The molecular weight excluding hydrogens is 227 g/mol. The molecule has 1 aromatic rings. The molecule has 92 valence electrons. The number of halogens is 3. The Bertz CT molecular complexity index is 413. The van der Waals surface area contributed by atoms with Crippen molar-refractivity contribution < 1.29 is 13.2 Å². The molecule has 0 aromatic heterocycles. The summed E-state index contributed by atoms with van der Waals surface area (Å²) in [5.41, 5.74) is 0.0372. The van der Waals surface area contributed by atoms with Gasteiger partial charge in [-0.15, -0.1) is 0 Å². The van der Waals surface area contributed by atoms with Crippen LogP contribution in [0, 0.1) is 0 Å². The number of alkyl halides is 3. The molecule has 2 fully saturated rings. The van der Waals surface area contributed by atoms with Crippen molar-refractivity contribution in [1.29, 1.82) is 0 Å². The average Bonchev–Trinajstić information content (AvgIpc) is 2.95. The van der Waals surface area contributed by atoms with E-state index in [-0.39, 0.29) is 12.8 Å². The highest BCUT2D eigenvalue weighted by atomic mass is 19.4. The van der Waals surface area contributed by atoms with Gasteiger partial charge in [-0.1, -0.05) is 24.3 Å². The minimum absolute atomic E-state index is 0.237. The second-order valence-corrected chi connectivity index (χ2v) is 5.06. The molecule has 3 rings (SSSR count). The van der Waals surface area contributed by atoms with Crippen molar-refractivity contribution in [3.8, 4) is 0 Å². The summed E-state index contributed by atoms with van der Waals surface area (Å²) >= 11 is 0. The Hall–Kier alpha value is -1.03. The third kappa shape index (κ3) is 1.66. The molecule has 0 radical (unpaired) electrons. The van der Waals surface area contributed by atoms with Crippen LogP contribution in [0.3, 0.4) is 0 Å². The van der Waals surface area contributed by atoms with E-state index < -0.39 is 11.6 Å². The van der Waals surface area contributed by atoms with E-state index in [1.807, 2.05) is 12.1 Å². The van der Waals surface area contributed by atoms with Crippen LogP contribution < -0.4 is 5.32 Å². The average molecular weight is 241 g/mol. The molecule has 0 spiro atoms. The Labute approximate surface area is 98.0 Å². The molecule has 1 saturated carbocycles. The van der Waals surface area contributed by atoms with Crippen LogP contribution in [0.25, 0.3) is 0 Å². The van der Waals surface area contributed by atoms with Crippen molar-refractivity contribution in [2.24, 2.45) is 0 Å². The maximum absolute atomic E-state index is 12.9. The van der Waals surface area contributed by atoms with Crippen molar-refractivity contribution in [2.75, 3.05) is 13.1 Å². The number of benzene rings is 1. The van der Waals surface area contributed by atoms with Crippen LogP contribution in [0.15, 0.2) is 24.3 Å². The van der Waals surface area contributed by atoms with Crippen LogP contribution in [0.4, 0.5) is 13.2 Å². The second kappa shape index (κ2) is 3.48. The molecule has 1 aliphatic heterocycles. The van der Waals surface area contributed by atoms with Crippen molar-refractivity contribution in [3.05, 3.63) is 35.4 Å². The number of rotatable bonds is 2. The number of hydrogen-bond donors (Lipinski definition) is 1. The van der Waals surface area contributed by atoms with Gasteiger partial charge in [-0.05, 0) is 24.0 Å². The highest BCUT2D eigenvalue weighted by molar-refractivity contribution is 5.37. The van der Waals surface area contributed by atoms with Gasteiger partial charge in [0, 0.05) is 19.0 Å². The predicted octanol–water partition coefficient (Wildman–Crippen LogP) is 2.97. The smallest absolute Gasteiger partial charge is 0.315 e. The van der Waals surface area contributed by atoms with E-state index in [1.165, 1.54) is 0 Å². The van der Waals surface area contributed by atoms with Gasteiger partial charge in [0.15, 0.2) is 0 Å². The summed E-state index contributed by atoms with van der Waals surface area (Å²) in [6.45, 7) is 1.87. The van der Waals surface area contributed by atoms with Gasteiger partial charge in [0.05, 0.1) is 5.41 Å². The summed E-state index contributed by atoms with van der Waals surface area (Å²) in [6, 6.07) is 7.03. The number of hydrogen-bond acceptors (Lipinski definition) is 1. The van der Waals surface area contributed by atoms with Gasteiger partial charge in [0.25, 0.3) is 0 Å². The van der Waals surface area contributed by atoms with Gasteiger partial charge < -0.3 is 5.32 Å². The standard InChI is InChI=1S/C13H14F3N/c14-13(15,16)12(5-6-12)11-3-1-9(2-4-11)10-7-17-8-10/h1-4,10,17H,5-8H2. The van der Waals surface area contributed by atoms with Crippen molar-refractivity contribution in [2.45, 2.75) is 30.4 Å². The van der Waals surface area contributed by atoms with E-state index in [0.717, 1.165) is 18.7 Å². The summed E-state index contributed by atoms with van der Waals surface area (Å²) < 4.78 is 38.7. The lowest BCUT2D eigenvalue weighted by atomic mass is 9.89. The van der Waals surface area contributed by atoms with E-state index in [4.69, 9.17) is 0 Å². The summed E-state index contributed by atoms with van der Waals surface area (Å²) in [4.78, 5) is 0. The van der Waals surface area contributed by atoms with Crippen molar-refractivity contribution in [3.63, 3.8) is 0 Å². The fourth-order valence-electron chi connectivity index (χ4n) is 2.46. The van der Waals surface area contributed by atoms with E-state index in [9.17, 15) is 13.2 Å². The van der Waals surface area contributed by atoms with E-state index >= 15 is 0 Å². The highest BCUT2D eigenvalue weighted by Crippen LogP contribution is 2.58. The Kier molecular flexibility index (Phi) is 2.27. The Morgan fingerprint density at radius 1 is 1.06 bits per heavy atom. The molecule has 0 atom stereocenters. The van der Waals surface area contributed by atoms with E-state index in [0.29, 0.717) is 11.5 Å². The lowest BCUT2D eigenvalue weighted by Gasteiger charge is -2.28. The zero-order chi connectivity index (χ0) is 12.1. The van der Waals surface area contributed by atoms with Gasteiger partial charge in [-0.3, -0.25) is 0 Å². The van der Waals surface area contributed by atoms with Crippen LogP contribution in [0.1, 0.15) is 29.9 Å². The maximum Gasteiger partial charge on any atom is 0.398 e. The fourth-order valence-corrected chi connectivity index (χ4v) is 2.46. The molecule has 0 unspecified atom stereocenters. The zero-order valence-electron chi connectivity index (χ0n) is 9.35. The summed E-state index contributed by atoms with van der Waals surface area (Å²) in [6.07, 6.45) is -3.63. The first-order valence-electron chi connectivity index (χ1n) is 5.91. The molecule has 1 N–H and O–H groups in total. The molecule has 0 bridgehead atoms. The van der Waals surface area contributed by atoms with Crippen LogP contribution >= 0.6 is 0 Å². The molecule has 1 aliphatic carbocycles. The minimum atomic E-state index is -4.10. The third-order valence-electron chi connectivity index (χ3n) is 4.01. The molecule has 1 nitrogen and oxygen atoms in total. The predicted molar refractivity (Wildman–Crippen MR) is 59.0 cm³/mol. The minimum Gasteiger partial charge on any atom is -0.315 e. The third-order valence-corrected chi connectivity index (χ3v) is 4.01. The molecule has 1 heterocycles. The quantitative estimate of drug-likeness (QED) is 0.839. The number of nitrogens with one attached hydrogen (secondary N) is 1. The van der Waals surface area contributed by atoms with Gasteiger partial charge in [0.1, 0.15) is 0 Å².